The van der Waals surface area contributed by atoms with E-state index in [-0.39, 0.29) is 11.9 Å². The van der Waals surface area contributed by atoms with Gasteiger partial charge < -0.3 is 15.6 Å². The highest BCUT2D eigenvalue weighted by Crippen LogP contribution is 2.33. The van der Waals surface area contributed by atoms with Gasteiger partial charge in [0.05, 0.1) is 6.04 Å². The predicted octanol–water partition coefficient (Wildman–Crippen LogP) is 2.75. The molecule has 4 heteroatoms. The van der Waals surface area contributed by atoms with Gasteiger partial charge in [0.15, 0.2) is 0 Å². The van der Waals surface area contributed by atoms with Crippen molar-refractivity contribution in [2.45, 2.75) is 50.6 Å². The van der Waals surface area contributed by atoms with Crippen LogP contribution in [0.2, 0.25) is 0 Å². The number of carbonyl (C=O) groups is 1. The second kappa shape index (κ2) is 6.36. The average molecular weight is 311 g/mol. The maximum Gasteiger partial charge on any atom is 0.237 e. The van der Waals surface area contributed by atoms with Crippen molar-refractivity contribution in [3.63, 3.8) is 0 Å². The molecule has 4 rings (SSSR count). The van der Waals surface area contributed by atoms with Crippen molar-refractivity contribution in [3.05, 3.63) is 36.0 Å². The number of carbonyl (C=O) groups excluding carboxylic acids is 1. The Morgan fingerprint density at radius 3 is 3.00 bits per heavy atom. The van der Waals surface area contributed by atoms with Crippen molar-refractivity contribution in [1.29, 1.82) is 0 Å². The first-order valence-electron chi connectivity index (χ1n) is 8.90. The summed E-state index contributed by atoms with van der Waals surface area (Å²) in [4.78, 5) is 15.7. The maximum absolute atomic E-state index is 12.4. The van der Waals surface area contributed by atoms with Crippen LogP contribution in [-0.4, -0.2) is 29.5 Å². The van der Waals surface area contributed by atoms with Gasteiger partial charge in [0.2, 0.25) is 5.91 Å². The SMILES string of the molecule is O=C(NCCc1c[nH]c2ccccc12)C1CC2CCCCC2N1. The third kappa shape index (κ3) is 3.00. The molecule has 0 radical (unpaired) electrons. The number of H-pyrrole nitrogens is 1. The molecule has 0 bridgehead atoms. The lowest BCUT2D eigenvalue weighted by Crippen LogP contribution is -2.43. The summed E-state index contributed by atoms with van der Waals surface area (Å²) < 4.78 is 0. The van der Waals surface area contributed by atoms with E-state index in [0.717, 1.165) is 18.4 Å². The van der Waals surface area contributed by atoms with Crippen LogP contribution in [0.5, 0.6) is 0 Å². The molecule has 1 saturated heterocycles. The van der Waals surface area contributed by atoms with Crippen molar-refractivity contribution in [3.8, 4) is 0 Å². The highest BCUT2D eigenvalue weighted by molar-refractivity contribution is 5.84. The number of hydrogen-bond acceptors (Lipinski definition) is 2. The number of fused-ring (bicyclic) bond motifs is 2. The van der Waals surface area contributed by atoms with Gasteiger partial charge in [-0.3, -0.25) is 4.79 Å². The van der Waals surface area contributed by atoms with E-state index in [1.54, 1.807) is 0 Å². The minimum Gasteiger partial charge on any atom is -0.361 e. The summed E-state index contributed by atoms with van der Waals surface area (Å²) in [5.41, 5.74) is 2.43. The molecule has 23 heavy (non-hydrogen) atoms. The fraction of sp³-hybridized carbons (Fsp3) is 0.526. The molecule has 3 unspecified atom stereocenters. The van der Waals surface area contributed by atoms with E-state index in [0.29, 0.717) is 18.5 Å². The Kier molecular flexibility index (Phi) is 4.08. The minimum atomic E-state index is 0.0195. The van der Waals surface area contributed by atoms with Crippen molar-refractivity contribution in [1.82, 2.24) is 15.6 Å². The first-order valence-corrected chi connectivity index (χ1v) is 8.90. The Balaban J connectivity index is 1.30. The molecule has 4 nitrogen and oxygen atoms in total. The van der Waals surface area contributed by atoms with E-state index in [1.165, 1.54) is 36.6 Å². The van der Waals surface area contributed by atoms with Gasteiger partial charge in [-0.2, -0.15) is 0 Å². The van der Waals surface area contributed by atoms with Gasteiger partial charge in [-0.25, -0.2) is 0 Å². The molecule has 2 aromatic rings. The summed E-state index contributed by atoms with van der Waals surface area (Å²) in [7, 11) is 0. The zero-order valence-corrected chi connectivity index (χ0v) is 13.5. The summed E-state index contributed by atoms with van der Waals surface area (Å²) in [5, 5.41) is 7.93. The van der Waals surface area contributed by atoms with Gasteiger partial charge in [-0.1, -0.05) is 31.0 Å². The van der Waals surface area contributed by atoms with Crippen molar-refractivity contribution in [2.75, 3.05) is 6.54 Å². The smallest absolute Gasteiger partial charge is 0.237 e. The van der Waals surface area contributed by atoms with Crippen molar-refractivity contribution >= 4 is 16.8 Å². The minimum absolute atomic E-state index is 0.0195. The molecule has 2 aliphatic rings. The fourth-order valence-corrected chi connectivity index (χ4v) is 4.30. The van der Waals surface area contributed by atoms with Crippen LogP contribution in [0.3, 0.4) is 0 Å². The summed E-state index contributed by atoms with van der Waals surface area (Å²) in [6.45, 7) is 0.703. The number of nitrogens with one attached hydrogen (secondary N) is 3. The van der Waals surface area contributed by atoms with Crippen molar-refractivity contribution in [2.24, 2.45) is 5.92 Å². The van der Waals surface area contributed by atoms with Crippen LogP contribution >= 0.6 is 0 Å². The van der Waals surface area contributed by atoms with Crippen LogP contribution in [0.15, 0.2) is 30.5 Å². The van der Waals surface area contributed by atoms with Gasteiger partial charge in [0.25, 0.3) is 0 Å². The zero-order chi connectivity index (χ0) is 15.6. The molecule has 122 valence electrons. The molecule has 1 aliphatic carbocycles. The molecule has 0 spiro atoms. The highest BCUT2D eigenvalue weighted by Gasteiger charge is 2.37. The number of rotatable bonds is 4. The maximum atomic E-state index is 12.4. The second-order valence-electron chi connectivity index (χ2n) is 7.01. The number of aromatic nitrogens is 1. The number of benzene rings is 1. The Morgan fingerprint density at radius 2 is 2.09 bits per heavy atom. The van der Waals surface area contributed by atoms with Crippen LogP contribution in [0.1, 0.15) is 37.7 Å². The number of hydrogen-bond donors (Lipinski definition) is 3. The largest absolute Gasteiger partial charge is 0.361 e. The molecule has 1 saturated carbocycles. The lowest BCUT2D eigenvalue weighted by Gasteiger charge is -2.24. The highest BCUT2D eigenvalue weighted by atomic mass is 16.2. The van der Waals surface area contributed by atoms with E-state index in [9.17, 15) is 4.79 Å². The molecule has 1 aromatic carbocycles. The average Bonchev–Trinajstić information content (AvgIpc) is 3.19. The van der Waals surface area contributed by atoms with Gasteiger partial charge in [-0.15, -0.1) is 0 Å². The van der Waals surface area contributed by atoms with Crippen LogP contribution in [0.25, 0.3) is 10.9 Å². The van der Waals surface area contributed by atoms with E-state index in [4.69, 9.17) is 0 Å². The zero-order valence-electron chi connectivity index (χ0n) is 13.5. The molecule has 2 heterocycles. The summed E-state index contributed by atoms with van der Waals surface area (Å²) >= 11 is 0. The lowest BCUT2D eigenvalue weighted by molar-refractivity contribution is -0.122. The molecule has 3 atom stereocenters. The van der Waals surface area contributed by atoms with Crippen LogP contribution < -0.4 is 10.6 Å². The van der Waals surface area contributed by atoms with Gasteiger partial charge in [-0.05, 0) is 43.2 Å². The van der Waals surface area contributed by atoms with Gasteiger partial charge in [0.1, 0.15) is 0 Å². The second-order valence-corrected chi connectivity index (χ2v) is 7.01. The van der Waals surface area contributed by atoms with Gasteiger partial charge in [0, 0.05) is 29.7 Å². The Hall–Kier alpha value is -1.81. The quantitative estimate of drug-likeness (QED) is 0.813. The Bertz CT molecular complexity index is 679. The summed E-state index contributed by atoms with van der Waals surface area (Å²) in [5.74, 6) is 0.896. The Morgan fingerprint density at radius 1 is 1.22 bits per heavy atom. The van der Waals surface area contributed by atoms with Gasteiger partial charge >= 0.3 is 0 Å². The van der Waals surface area contributed by atoms with Crippen LogP contribution in [0, 0.1) is 5.92 Å². The molecule has 1 amide bonds. The normalized spacial score (nSPS) is 27.0. The third-order valence-corrected chi connectivity index (χ3v) is 5.55. The number of para-hydroxylation sites is 1. The standard InChI is InChI=1S/C19H25N3O/c23-19(18-11-13-5-1-3-7-16(13)22-18)20-10-9-14-12-21-17-8-4-2-6-15(14)17/h2,4,6,8,12-13,16,18,21-22H,1,3,5,7,9-11H2,(H,20,23). The van der Waals surface area contributed by atoms with E-state index < -0.39 is 0 Å². The topological polar surface area (TPSA) is 56.9 Å². The van der Waals surface area contributed by atoms with Crippen molar-refractivity contribution < 1.29 is 4.79 Å². The monoisotopic (exact) mass is 311 g/mol. The van der Waals surface area contributed by atoms with Crippen LogP contribution in [0.4, 0.5) is 0 Å². The molecule has 2 fully saturated rings. The lowest BCUT2D eigenvalue weighted by atomic mass is 9.85. The number of aromatic amines is 1. The van der Waals surface area contributed by atoms with E-state index >= 15 is 0 Å². The molecule has 3 N–H and O–H groups in total. The molecular weight excluding hydrogens is 286 g/mol. The van der Waals surface area contributed by atoms with Crippen LogP contribution in [-0.2, 0) is 11.2 Å². The Labute approximate surface area is 137 Å². The number of amides is 1. The molecular formula is C19H25N3O. The first kappa shape index (κ1) is 14.8. The molecule has 1 aromatic heterocycles. The first-order chi connectivity index (χ1) is 11.3. The fourth-order valence-electron chi connectivity index (χ4n) is 4.30. The molecule has 1 aliphatic heterocycles. The third-order valence-electron chi connectivity index (χ3n) is 5.55. The summed E-state index contributed by atoms with van der Waals surface area (Å²) in [6.07, 6.45) is 9.11. The van der Waals surface area contributed by atoms with E-state index in [2.05, 4.69) is 40.0 Å². The summed E-state index contributed by atoms with van der Waals surface area (Å²) in [6, 6.07) is 8.91. The van der Waals surface area contributed by atoms with E-state index in [1.807, 2.05) is 6.07 Å². The predicted molar refractivity (Wildman–Crippen MR) is 92.3 cm³/mol.